The Kier molecular flexibility index (Phi) is 5.73. The van der Waals surface area contributed by atoms with Crippen molar-refractivity contribution in [2.24, 2.45) is 28.6 Å². The summed E-state index contributed by atoms with van der Waals surface area (Å²) in [5, 5.41) is 13.1. The predicted molar refractivity (Wildman–Crippen MR) is 132 cm³/mol. The predicted octanol–water partition coefficient (Wildman–Crippen LogP) is 4.97. The van der Waals surface area contributed by atoms with Gasteiger partial charge in [0, 0.05) is 34.1 Å². The molecule has 9 atom stereocenters. The Labute approximate surface area is 222 Å². The Bertz CT molecular complexity index is 1240. The summed E-state index contributed by atoms with van der Waals surface area (Å²) in [7, 11) is 0. The van der Waals surface area contributed by atoms with Crippen LogP contribution in [-0.2, 0) is 21.0 Å². The largest absolute Gasteiger partial charge is 0.390 e. The monoisotopic (exact) mass is 555 g/mol. The zero-order valence-electron chi connectivity index (χ0n) is 20.6. The molecule has 0 unspecified atom stereocenters. The normalized spacial score (nSPS) is 46.7. The summed E-state index contributed by atoms with van der Waals surface area (Å²) in [4.78, 5) is 32.7. The van der Waals surface area contributed by atoms with Crippen LogP contribution in [0, 0.1) is 28.6 Å². The van der Waals surface area contributed by atoms with Crippen molar-refractivity contribution in [1.29, 1.82) is 0 Å². The number of halogens is 4. The summed E-state index contributed by atoms with van der Waals surface area (Å²) in [6, 6.07) is 3.63. The Hall–Kier alpha value is -1.52. The van der Waals surface area contributed by atoms with Crippen LogP contribution in [0.2, 0.25) is 4.34 Å². The van der Waals surface area contributed by atoms with Crippen molar-refractivity contribution in [3.63, 3.8) is 0 Å². The first-order chi connectivity index (χ1) is 17.4. The van der Waals surface area contributed by atoms with Crippen molar-refractivity contribution in [2.45, 2.75) is 63.2 Å². The van der Waals surface area contributed by atoms with E-state index in [1.54, 1.807) is 18.1 Å². The zero-order chi connectivity index (χ0) is 26.5. The molecule has 37 heavy (non-hydrogen) atoms. The summed E-state index contributed by atoms with van der Waals surface area (Å²) in [6.07, 6.45) is 0.600. The van der Waals surface area contributed by atoms with Crippen LogP contribution in [0.4, 0.5) is 13.2 Å². The van der Waals surface area contributed by atoms with Crippen molar-refractivity contribution >= 4 is 34.5 Å². The molecular weight excluding hydrogens is 527 g/mol. The number of aliphatic hydroxyl groups is 1. The molecule has 4 fully saturated rings. The number of thiophene rings is 1. The summed E-state index contributed by atoms with van der Waals surface area (Å²) in [6.45, 7) is 2.73. The fourth-order valence-corrected chi connectivity index (χ4v) is 9.72. The summed E-state index contributed by atoms with van der Waals surface area (Å²) in [5.41, 5.74) is -6.42. The maximum atomic E-state index is 17.3. The minimum Gasteiger partial charge on any atom is -0.390 e. The van der Waals surface area contributed by atoms with Gasteiger partial charge < -0.3 is 5.11 Å². The van der Waals surface area contributed by atoms with Gasteiger partial charge >= 0.3 is 0 Å². The molecule has 10 heteroatoms. The molecule has 0 radical (unpaired) electrons. The second kappa shape index (κ2) is 8.24. The highest BCUT2D eigenvalue weighted by molar-refractivity contribution is 7.16. The molecule has 1 N–H and O–H groups in total. The zero-order valence-corrected chi connectivity index (χ0v) is 22.1. The maximum absolute atomic E-state index is 17.3. The number of fused-ring (bicyclic) bond motifs is 7. The lowest BCUT2D eigenvalue weighted by molar-refractivity contribution is -0.269. The molecule has 0 amide bonds. The van der Waals surface area contributed by atoms with Gasteiger partial charge in [-0.25, -0.2) is 13.2 Å². The molecule has 200 valence electrons. The number of aliphatic hydroxyl groups excluding tert-OH is 1. The third kappa shape index (κ3) is 3.15. The van der Waals surface area contributed by atoms with Crippen LogP contribution in [-0.4, -0.2) is 58.5 Å². The molecule has 1 aromatic rings. The number of nitrogens with zero attached hydrogens (tertiary/aromatic N) is 1. The number of Topliss-reactive ketones (excluding diaryl/α,β-unsaturated/α-hetero) is 1. The number of rotatable bonds is 4. The molecule has 1 aliphatic heterocycles. The van der Waals surface area contributed by atoms with E-state index < -0.39 is 70.4 Å². The standard InChI is InChI=1S/C27H29ClF3NO4S/c1-24-6-5-15(33)8-19(24)20(30)9-18-17-7-14-12-32(13-16-3-4-23(28)37-16)36-27(14,22(35)11-29)25(17,2)10-21(34)26(18,24)31/h3-6,8,14,17-18,20-21,34H,7,9-13H2,1-2H3/t14-,17-,18-,20-,21-,24-,25-,26-,27-/m0/s1. The van der Waals surface area contributed by atoms with E-state index in [2.05, 4.69) is 0 Å². The Morgan fingerprint density at radius 3 is 2.73 bits per heavy atom. The summed E-state index contributed by atoms with van der Waals surface area (Å²) >= 11 is 7.44. The average molecular weight is 556 g/mol. The van der Waals surface area contributed by atoms with Gasteiger partial charge in [-0.2, -0.15) is 5.06 Å². The van der Waals surface area contributed by atoms with Gasteiger partial charge in [-0.3, -0.25) is 14.4 Å². The quantitative estimate of drug-likeness (QED) is 0.568. The van der Waals surface area contributed by atoms with Crippen LogP contribution < -0.4 is 0 Å². The lowest BCUT2D eigenvalue weighted by Gasteiger charge is -2.63. The minimum atomic E-state index is -2.26. The van der Waals surface area contributed by atoms with Crippen LogP contribution >= 0.6 is 22.9 Å². The Morgan fingerprint density at radius 1 is 1.30 bits per heavy atom. The van der Waals surface area contributed by atoms with E-state index in [-0.39, 0.29) is 18.4 Å². The van der Waals surface area contributed by atoms with Crippen LogP contribution in [0.25, 0.3) is 0 Å². The van der Waals surface area contributed by atoms with E-state index >= 15 is 8.78 Å². The number of carbonyl (C=O) groups is 2. The van der Waals surface area contributed by atoms with E-state index in [1.807, 2.05) is 6.07 Å². The van der Waals surface area contributed by atoms with Crippen molar-refractivity contribution in [3.8, 4) is 0 Å². The second-order valence-electron chi connectivity index (χ2n) is 11.7. The van der Waals surface area contributed by atoms with Crippen molar-refractivity contribution in [1.82, 2.24) is 5.06 Å². The molecule has 0 aromatic carbocycles. The third-order valence-electron chi connectivity index (χ3n) is 10.2. The van der Waals surface area contributed by atoms with Crippen LogP contribution in [0.5, 0.6) is 0 Å². The van der Waals surface area contributed by atoms with Gasteiger partial charge in [0.15, 0.2) is 29.5 Å². The number of ketones is 2. The second-order valence-corrected chi connectivity index (χ2v) is 13.5. The van der Waals surface area contributed by atoms with Gasteiger partial charge in [0.2, 0.25) is 0 Å². The molecular formula is C27H29ClF3NO4S. The topological polar surface area (TPSA) is 66.8 Å². The first-order valence-corrected chi connectivity index (χ1v) is 13.8. The molecule has 3 saturated carbocycles. The minimum absolute atomic E-state index is 0.0474. The molecule has 1 aromatic heterocycles. The number of allylic oxidation sites excluding steroid dienone is 4. The molecule has 0 spiro atoms. The lowest BCUT2D eigenvalue weighted by Crippen LogP contribution is -2.70. The molecule has 4 aliphatic carbocycles. The van der Waals surface area contributed by atoms with Crippen LogP contribution in [0.15, 0.2) is 35.9 Å². The Balaban J connectivity index is 1.41. The van der Waals surface area contributed by atoms with E-state index in [0.29, 0.717) is 23.8 Å². The number of hydrogen-bond acceptors (Lipinski definition) is 6. The van der Waals surface area contributed by atoms with Gasteiger partial charge in [0.05, 0.1) is 17.0 Å². The molecule has 6 rings (SSSR count). The van der Waals surface area contributed by atoms with Crippen LogP contribution in [0.3, 0.4) is 0 Å². The first-order valence-electron chi connectivity index (χ1n) is 12.6. The lowest BCUT2D eigenvalue weighted by atomic mass is 9.44. The van der Waals surface area contributed by atoms with Gasteiger partial charge in [-0.05, 0) is 62.0 Å². The summed E-state index contributed by atoms with van der Waals surface area (Å²) in [5.74, 6) is -3.05. The Morgan fingerprint density at radius 2 is 2.05 bits per heavy atom. The molecule has 2 heterocycles. The summed E-state index contributed by atoms with van der Waals surface area (Å²) < 4.78 is 47.7. The third-order valence-corrected chi connectivity index (χ3v) is 11.4. The molecule has 5 aliphatic rings. The highest BCUT2D eigenvalue weighted by atomic mass is 35.5. The molecule has 0 bridgehead atoms. The van der Waals surface area contributed by atoms with Gasteiger partial charge in [-0.15, -0.1) is 11.3 Å². The number of hydrogen-bond donors (Lipinski definition) is 1. The van der Waals surface area contributed by atoms with Gasteiger partial charge in [0.1, 0.15) is 6.17 Å². The van der Waals surface area contributed by atoms with E-state index in [0.717, 1.165) is 11.0 Å². The fraction of sp³-hybridized carbons (Fsp3) is 0.630. The molecule has 5 nitrogen and oxygen atoms in total. The average Bonchev–Trinajstić information content (AvgIpc) is 3.49. The van der Waals surface area contributed by atoms with E-state index in [1.165, 1.54) is 30.4 Å². The number of carbonyl (C=O) groups excluding carboxylic acids is 2. The smallest absolute Gasteiger partial charge is 0.198 e. The van der Waals surface area contributed by atoms with Gasteiger partial charge in [0.25, 0.3) is 0 Å². The highest BCUT2D eigenvalue weighted by Crippen LogP contribution is 2.72. The van der Waals surface area contributed by atoms with Gasteiger partial charge in [-0.1, -0.05) is 24.6 Å². The first kappa shape index (κ1) is 25.7. The number of alkyl halides is 3. The van der Waals surface area contributed by atoms with E-state index in [9.17, 15) is 19.1 Å². The number of hydroxylamine groups is 2. The highest BCUT2D eigenvalue weighted by Gasteiger charge is 2.79. The SMILES string of the molecule is C[C@]12C=CC(=O)C=C1[C@@H](F)C[C@H]1[C@@H]3C[C@H]4CN(Cc5ccc(Cl)s5)O[C@@]4(C(=O)CF)[C@@]3(C)C[C@H](O)[C@@]12F. The van der Waals surface area contributed by atoms with E-state index in [4.69, 9.17) is 16.4 Å². The van der Waals surface area contributed by atoms with Crippen molar-refractivity contribution in [3.05, 3.63) is 45.1 Å². The molecule has 1 saturated heterocycles. The van der Waals surface area contributed by atoms with Crippen LogP contribution in [0.1, 0.15) is 38.0 Å². The maximum Gasteiger partial charge on any atom is 0.198 e. The fourth-order valence-electron chi connectivity index (χ4n) is 8.63. The van der Waals surface area contributed by atoms with Crippen molar-refractivity contribution < 1.29 is 32.7 Å². The van der Waals surface area contributed by atoms with Crippen molar-refractivity contribution in [2.75, 3.05) is 13.2 Å².